The third-order valence-electron chi connectivity index (χ3n) is 4.70. The van der Waals surface area contributed by atoms with Gasteiger partial charge >= 0.3 is 0 Å². The maximum atomic E-state index is 5.54. The number of aromatic amines is 1. The number of morpholine rings is 1. The number of nitrogens with one attached hydrogen (secondary N) is 1. The van der Waals surface area contributed by atoms with Crippen molar-refractivity contribution in [1.29, 1.82) is 0 Å². The van der Waals surface area contributed by atoms with Gasteiger partial charge in [-0.15, -0.1) is 0 Å². The van der Waals surface area contributed by atoms with Crippen LogP contribution in [0.3, 0.4) is 0 Å². The van der Waals surface area contributed by atoms with E-state index in [2.05, 4.69) is 52.5 Å². The van der Waals surface area contributed by atoms with E-state index in [9.17, 15) is 0 Å². The average Bonchev–Trinajstić information content (AvgIpc) is 3.17. The van der Waals surface area contributed by atoms with E-state index < -0.39 is 0 Å². The van der Waals surface area contributed by atoms with Crippen LogP contribution in [0.15, 0.2) is 36.8 Å². The van der Waals surface area contributed by atoms with Gasteiger partial charge in [0.2, 0.25) is 0 Å². The molecule has 1 atom stereocenters. The summed E-state index contributed by atoms with van der Waals surface area (Å²) in [7, 11) is 1.97. The van der Waals surface area contributed by atoms with Crippen LogP contribution in [-0.2, 0) is 11.8 Å². The number of hydrogen-bond donors (Lipinski definition) is 1. The van der Waals surface area contributed by atoms with E-state index in [1.807, 2.05) is 17.9 Å². The molecule has 0 radical (unpaired) electrons. The van der Waals surface area contributed by atoms with E-state index in [4.69, 9.17) is 4.74 Å². The van der Waals surface area contributed by atoms with E-state index in [0.717, 1.165) is 26.3 Å². The maximum absolute atomic E-state index is 5.54. The van der Waals surface area contributed by atoms with Crippen molar-refractivity contribution in [2.45, 2.75) is 13.0 Å². The Balaban J connectivity index is 1.84. The zero-order chi connectivity index (χ0) is 15.8. The molecule has 1 saturated heterocycles. The molecule has 120 valence electrons. The minimum absolute atomic E-state index is 0.211. The summed E-state index contributed by atoms with van der Waals surface area (Å²) < 4.78 is 7.42. The highest BCUT2D eigenvalue weighted by Gasteiger charge is 2.27. The molecule has 1 aliphatic heterocycles. The average molecular weight is 310 g/mol. The second-order valence-electron chi connectivity index (χ2n) is 6.24. The van der Waals surface area contributed by atoms with Gasteiger partial charge in [-0.25, -0.2) is 0 Å². The van der Waals surface area contributed by atoms with Crippen LogP contribution in [0.2, 0.25) is 0 Å². The van der Waals surface area contributed by atoms with Crippen molar-refractivity contribution in [3.8, 4) is 0 Å². The number of aryl methyl sites for hydroxylation is 2. The number of nitrogens with zero attached hydrogens (tertiary/aromatic N) is 3. The van der Waals surface area contributed by atoms with Crippen LogP contribution in [0.4, 0.5) is 0 Å². The van der Waals surface area contributed by atoms with Gasteiger partial charge in [0.1, 0.15) is 0 Å². The molecule has 5 heteroatoms. The SMILES string of the molecule is Cc1cccc2c(C(c3cnn(C)c3)N3CCOCC3)c[nH]c12. The van der Waals surface area contributed by atoms with E-state index in [-0.39, 0.29) is 6.04 Å². The lowest BCUT2D eigenvalue weighted by Crippen LogP contribution is -2.39. The van der Waals surface area contributed by atoms with Crippen LogP contribution in [0.25, 0.3) is 10.9 Å². The highest BCUT2D eigenvalue weighted by Crippen LogP contribution is 2.34. The molecule has 4 rings (SSSR count). The van der Waals surface area contributed by atoms with Crippen LogP contribution in [0.5, 0.6) is 0 Å². The van der Waals surface area contributed by atoms with Crippen LogP contribution < -0.4 is 0 Å². The molecule has 0 aliphatic carbocycles. The standard InChI is InChI=1S/C18H22N4O/c1-13-4-3-5-15-16(11-19-17(13)15)18(14-10-20-21(2)12-14)22-6-8-23-9-7-22/h3-5,10-12,18-19H,6-9H2,1-2H3. The van der Waals surface area contributed by atoms with E-state index in [0.29, 0.717) is 0 Å². The lowest BCUT2D eigenvalue weighted by Gasteiger charge is -2.34. The minimum Gasteiger partial charge on any atom is -0.379 e. The molecule has 0 bridgehead atoms. The van der Waals surface area contributed by atoms with Gasteiger partial charge in [0, 0.05) is 49.0 Å². The molecule has 1 N–H and O–H groups in total. The molecule has 1 aliphatic rings. The molecule has 0 amide bonds. The van der Waals surface area contributed by atoms with Crippen LogP contribution in [0.1, 0.15) is 22.7 Å². The summed E-state index contributed by atoms with van der Waals surface area (Å²) in [6.45, 7) is 5.61. The molecular weight excluding hydrogens is 288 g/mol. The Morgan fingerprint density at radius 1 is 1.26 bits per heavy atom. The van der Waals surface area contributed by atoms with Crippen molar-refractivity contribution in [1.82, 2.24) is 19.7 Å². The number of benzene rings is 1. The first-order chi connectivity index (χ1) is 11.2. The number of para-hydroxylation sites is 1. The lowest BCUT2D eigenvalue weighted by atomic mass is 9.98. The van der Waals surface area contributed by atoms with Crippen molar-refractivity contribution in [3.05, 3.63) is 53.5 Å². The Kier molecular flexibility index (Phi) is 3.67. The molecule has 0 saturated carbocycles. The third kappa shape index (κ3) is 2.56. The van der Waals surface area contributed by atoms with Gasteiger partial charge in [-0.2, -0.15) is 5.10 Å². The van der Waals surface area contributed by atoms with Gasteiger partial charge in [0.15, 0.2) is 0 Å². The number of ether oxygens (including phenoxy) is 1. The normalized spacial score (nSPS) is 17.7. The summed E-state index contributed by atoms with van der Waals surface area (Å²) in [5, 5.41) is 5.69. The second kappa shape index (κ2) is 5.83. The summed E-state index contributed by atoms with van der Waals surface area (Å²) >= 11 is 0. The molecular formula is C18H22N4O. The van der Waals surface area contributed by atoms with Gasteiger partial charge in [0.05, 0.1) is 25.5 Å². The number of hydrogen-bond acceptors (Lipinski definition) is 3. The first-order valence-electron chi connectivity index (χ1n) is 8.11. The zero-order valence-corrected chi connectivity index (χ0v) is 13.6. The van der Waals surface area contributed by atoms with Crippen molar-refractivity contribution in [3.63, 3.8) is 0 Å². The number of fused-ring (bicyclic) bond motifs is 1. The second-order valence-corrected chi connectivity index (χ2v) is 6.24. The molecule has 1 unspecified atom stereocenters. The van der Waals surface area contributed by atoms with Gasteiger partial charge in [-0.05, 0) is 18.1 Å². The Morgan fingerprint density at radius 3 is 2.83 bits per heavy atom. The predicted molar refractivity (Wildman–Crippen MR) is 90.5 cm³/mol. The first-order valence-corrected chi connectivity index (χ1v) is 8.11. The highest BCUT2D eigenvalue weighted by atomic mass is 16.5. The number of aromatic nitrogens is 3. The summed E-state index contributed by atoms with van der Waals surface area (Å²) in [5.41, 5.74) is 5.06. The number of H-pyrrole nitrogens is 1. The molecule has 3 heterocycles. The highest BCUT2D eigenvalue weighted by molar-refractivity contribution is 5.86. The monoisotopic (exact) mass is 310 g/mol. The van der Waals surface area contributed by atoms with Gasteiger partial charge in [-0.3, -0.25) is 9.58 Å². The zero-order valence-electron chi connectivity index (χ0n) is 13.6. The minimum atomic E-state index is 0.211. The van der Waals surface area contributed by atoms with E-state index in [1.165, 1.54) is 27.6 Å². The number of rotatable bonds is 3. The van der Waals surface area contributed by atoms with Crippen LogP contribution in [0, 0.1) is 6.92 Å². The fraction of sp³-hybridized carbons (Fsp3) is 0.389. The van der Waals surface area contributed by atoms with Crippen molar-refractivity contribution >= 4 is 10.9 Å². The predicted octanol–water partition coefficient (Wildman–Crippen LogP) is 2.63. The fourth-order valence-corrected chi connectivity index (χ4v) is 3.56. The molecule has 3 aromatic rings. The lowest BCUT2D eigenvalue weighted by molar-refractivity contribution is 0.0242. The Bertz CT molecular complexity index is 813. The third-order valence-corrected chi connectivity index (χ3v) is 4.70. The topological polar surface area (TPSA) is 46.1 Å². The van der Waals surface area contributed by atoms with Crippen molar-refractivity contribution < 1.29 is 4.74 Å². The summed E-state index contributed by atoms with van der Waals surface area (Å²) in [4.78, 5) is 5.96. The first kappa shape index (κ1) is 14.5. The Labute approximate surface area is 135 Å². The molecule has 5 nitrogen and oxygen atoms in total. The summed E-state index contributed by atoms with van der Waals surface area (Å²) in [6, 6.07) is 6.70. The van der Waals surface area contributed by atoms with Gasteiger partial charge in [-0.1, -0.05) is 18.2 Å². The summed E-state index contributed by atoms with van der Waals surface area (Å²) in [6.07, 6.45) is 6.26. The van der Waals surface area contributed by atoms with Crippen molar-refractivity contribution in [2.75, 3.05) is 26.3 Å². The quantitative estimate of drug-likeness (QED) is 0.809. The van der Waals surface area contributed by atoms with Gasteiger partial charge in [0.25, 0.3) is 0 Å². The molecule has 23 heavy (non-hydrogen) atoms. The van der Waals surface area contributed by atoms with Crippen LogP contribution in [-0.4, -0.2) is 46.0 Å². The van der Waals surface area contributed by atoms with E-state index >= 15 is 0 Å². The molecule has 2 aromatic heterocycles. The maximum Gasteiger partial charge on any atom is 0.0655 e. The molecule has 1 aromatic carbocycles. The Morgan fingerprint density at radius 2 is 2.09 bits per heavy atom. The fourth-order valence-electron chi connectivity index (χ4n) is 3.56. The van der Waals surface area contributed by atoms with Crippen molar-refractivity contribution in [2.24, 2.45) is 7.05 Å². The van der Waals surface area contributed by atoms with E-state index in [1.54, 1.807) is 0 Å². The van der Waals surface area contributed by atoms with Gasteiger partial charge < -0.3 is 9.72 Å². The molecule has 0 spiro atoms. The Hall–Kier alpha value is -2.11. The largest absolute Gasteiger partial charge is 0.379 e. The summed E-state index contributed by atoms with van der Waals surface area (Å²) in [5.74, 6) is 0. The van der Waals surface area contributed by atoms with Crippen LogP contribution >= 0.6 is 0 Å². The smallest absolute Gasteiger partial charge is 0.0655 e. The molecule has 1 fully saturated rings.